The van der Waals surface area contributed by atoms with Gasteiger partial charge in [0.25, 0.3) is 0 Å². The maximum atomic E-state index is 13.4. The number of halogens is 1. The van der Waals surface area contributed by atoms with Crippen LogP contribution in [-0.4, -0.2) is 19.7 Å². The minimum atomic E-state index is -0.699. The molecular formula is C11H9FO3. The molecule has 1 aliphatic rings. The number of esters is 1. The summed E-state index contributed by atoms with van der Waals surface area (Å²) in [6.07, 6.45) is 0. The van der Waals surface area contributed by atoms with Crippen LogP contribution in [-0.2, 0) is 4.74 Å². The van der Waals surface area contributed by atoms with Gasteiger partial charge in [0.15, 0.2) is 0 Å². The summed E-state index contributed by atoms with van der Waals surface area (Å²) in [7, 11) is 1.21. The first-order valence-corrected chi connectivity index (χ1v) is 4.36. The molecule has 4 heteroatoms. The van der Waals surface area contributed by atoms with Crippen LogP contribution < -0.4 is 4.74 Å². The molecule has 1 aliphatic heterocycles. The molecule has 0 spiro atoms. The lowest BCUT2D eigenvalue weighted by Crippen LogP contribution is -2.04. The minimum Gasteiger partial charge on any atom is -0.488 e. The molecule has 0 aromatic heterocycles. The van der Waals surface area contributed by atoms with Crippen molar-refractivity contribution in [1.29, 1.82) is 0 Å². The quantitative estimate of drug-likeness (QED) is 0.662. The third-order valence-electron chi connectivity index (χ3n) is 2.26. The average Bonchev–Trinajstić information content (AvgIpc) is 2.58. The van der Waals surface area contributed by atoms with Crippen molar-refractivity contribution >= 4 is 11.5 Å². The van der Waals surface area contributed by atoms with Gasteiger partial charge in [-0.15, -0.1) is 0 Å². The highest BCUT2D eigenvalue weighted by Crippen LogP contribution is 2.34. The number of carbonyl (C=O) groups is 1. The van der Waals surface area contributed by atoms with Gasteiger partial charge in [0.05, 0.1) is 12.7 Å². The van der Waals surface area contributed by atoms with E-state index in [1.54, 1.807) is 0 Å². The third kappa shape index (κ3) is 1.48. The summed E-state index contributed by atoms with van der Waals surface area (Å²) in [5.41, 5.74) is 1.30. The third-order valence-corrected chi connectivity index (χ3v) is 2.26. The Morgan fingerprint density at radius 1 is 1.60 bits per heavy atom. The molecule has 15 heavy (non-hydrogen) atoms. The van der Waals surface area contributed by atoms with Gasteiger partial charge in [-0.1, -0.05) is 6.58 Å². The number of rotatable bonds is 1. The van der Waals surface area contributed by atoms with E-state index in [1.807, 2.05) is 0 Å². The maximum absolute atomic E-state index is 13.4. The van der Waals surface area contributed by atoms with Crippen LogP contribution in [0.2, 0.25) is 0 Å². The molecule has 0 aliphatic carbocycles. The van der Waals surface area contributed by atoms with Gasteiger partial charge in [0.2, 0.25) is 0 Å². The summed E-state index contributed by atoms with van der Waals surface area (Å²) in [5, 5.41) is 0. The topological polar surface area (TPSA) is 35.5 Å². The highest BCUT2D eigenvalue weighted by atomic mass is 19.1. The highest BCUT2D eigenvalue weighted by molar-refractivity contribution is 5.92. The molecule has 0 atom stereocenters. The molecule has 0 saturated heterocycles. The van der Waals surface area contributed by atoms with Crippen molar-refractivity contribution < 1.29 is 18.7 Å². The van der Waals surface area contributed by atoms with Crippen LogP contribution in [0.1, 0.15) is 15.9 Å². The number of benzene rings is 1. The number of fused-ring (bicyclic) bond motifs is 1. The fraction of sp³-hybridized carbons (Fsp3) is 0.182. The van der Waals surface area contributed by atoms with E-state index >= 15 is 0 Å². The standard InChI is InChI=1S/C11H9FO3/c1-6-5-15-10-4-9(12)8(3-7(6)10)11(13)14-2/h3-4H,1,5H2,2H3. The molecule has 0 N–H and O–H groups in total. The number of ether oxygens (including phenoxy) is 2. The zero-order valence-electron chi connectivity index (χ0n) is 8.17. The van der Waals surface area contributed by atoms with Crippen molar-refractivity contribution in [2.45, 2.75) is 0 Å². The van der Waals surface area contributed by atoms with E-state index in [-0.39, 0.29) is 5.56 Å². The fourth-order valence-electron chi connectivity index (χ4n) is 1.46. The van der Waals surface area contributed by atoms with E-state index in [9.17, 15) is 9.18 Å². The Bertz CT molecular complexity index is 451. The first-order valence-electron chi connectivity index (χ1n) is 4.36. The van der Waals surface area contributed by atoms with Gasteiger partial charge in [-0.3, -0.25) is 0 Å². The van der Waals surface area contributed by atoms with Crippen molar-refractivity contribution in [1.82, 2.24) is 0 Å². The number of carbonyl (C=O) groups excluding carboxylic acids is 1. The van der Waals surface area contributed by atoms with Gasteiger partial charge in [-0.05, 0) is 11.6 Å². The fourth-order valence-corrected chi connectivity index (χ4v) is 1.46. The van der Waals surface area contributed by atoms with Crippen LogP contribution in [0, 0.1) is 5.82 Å². The van der Waals surface area contributed by atoms with E-state index < -0.39 is 11.8 Å². The lowest BCUT2D eigenvalue weighted by Gasteiger charge is -2.04. The Morgan fingerprint density at radius 2 is 2.33 bits per heavy atom. The first-order chi connectivity index (χ1) is 7.13. The van der Waals surface area contributed by atoms with E-state index in [0.29, 0.717) is 17.9 Å². The molecule has 2 rings (SSSR count). The van der Waals surface area contributed by atoms with Crippen LogP contribution in [0.15, 0.2) is 18.7 Å². The summed E-state index contributed by atoms with van der Waals surface area (Å²) in [6.45, 7) is 4.08. The summed E-state index contributed by atoms with van der Waals surface area (Å²) < 4.78 is 23.0. The lowest BCUT2D eigenvalue weighted by atomic mass is 10.1. The van der Waals surface area contributed by atoms with Gasteiger partial charge in [0.1, 0.15) is 18.2 Å². The molecule has 3 nitrogen and oxygen atoms in total. The molecule has 78 valence electrons. The van der Waals surface area contributed by atoms with Crippen LogP contribution in [0.3, 0.4) is 0 Å². The van der Waals surface area contributed by atoms with Crippen molar-refractivity contribution in [3.8, 4) is 5.75 Å². The summed E-state index contributed by atoms with van der Waals surface area (Å²) in [4.78, 5) is 11.2. The van der Waals surface area contributed by atoms with E-state index in [2.05, 4.69) is 11.3 Å². The van der Waals surface area contributed by atoms with E-state index in [0.717, 1.165) is 5.57 Å². The molecule has 0 amide bonds. The molecular weight excluding hydrogens is 199 g/mol. The second kappa shape index (κ2) is 3.38. The number of methoxy groups -OCH3 is 1. The van der Waals surface area contributed by atoms with Crippen LogP contribution >= 0.6 is 0 Å². The predicted molar refractivity (Wildman–Crippen MR) is 52.3 cm³/mol. The predicted octanol–water partition coefficient (Wildman–Crippen LogP) is 2.02. The van der Waals surface area contributed by atoms with Gasteiger partial charge in [-0.25, -0.2) is 9.18 Å². The van der Waals surface area contributed by atoms with Crippen molar-refractivity contribution in [2.75, 3.05) is 13.7 Å². The molecule has 0 bridgehead atoms. The molecule has 0 fully saturated rings. The zero-order chi connectivity index (χ0) is 11.0. The maximum Gasteiger partial charge on any atom is 0.340 e. The largest absolute Gasteiger partial charge is 0.488 e. The Labute approximate surface area is 86.1 Å². The van der Waals surface area contributed by atoms with E-state index in [4.69, 9.17) is 4.74 Å². The summed E-state index contributed by atoms with van der Waals surface area (Å²) in [5.74, 6) is -0.921. The number of hydrogen-bond donors (Lipinski definition) is 0. The van der Waals surface area contributed by atoms with Crippen molar-refractivity contribution in [3.05, 3.63) is 35.7 Å². The van der Waals surface area contributed by atoms with Crippen LogP contribution in [0.4, 0.5) is 4.39 Å². The van der Waals surface area contributed by atoms with Gasteiger partial charge < -0.3 is 9.47 Å². The zero-order valence-corrected chi connectivity index (χ0v) is 8.17. The summed E-state index contributed by atoms with van der Waals surface area (Å²) >= 11 is 0. The monoisotopic (exact) mass is 208 g/mol. The van der Waals surface area contributed by atoms with Crippen molar-refractivity contribution in [2.24, 2.45) is 0 Å². The van der Waals surface area contributed by atoms with Crippen LogP contribution in [0.25, 0.3) is 5.57 Å². The average molecular weight is 208 g/mol. The number of hydrogen-bond acceptors (Lipinski definition) is 3. The Balaban J connectivity index is 2.55. The highest BCUT2D eigenvalue weighted by Gasteiger charge is 2.22. The Morgan fingerprint density at radius 3 is 3.00 bits per heavy atom. The van der Waals surface area contributed by atoms with Crippen LogP contribution in [0.5, 0.6) is 5.75 Å². The Kier molecular flexibility index (Phi) is 2.19. The molecule has 1 heterocycles. The normalized spacial score (nSPS) is 13.3. The summed E-state index contributed by atoms with van der Waals surface area (Å²) in [6, 6.07) is 2.59. The first kappa shape index (κ1) is 9.71. The molecule has 0 radical (unpaired) electrons. The van der Waals surface area contributed by atoms with Gasteiger partial charge in [-0.2, -0.15) is 0 Å². The molecule has 0 unspecified atom stereocenters. The van der Waals surface area contributed by atoms with Crippen molar-refractivity contribution in [3.63, 3.8) is 0 Å². The molecule has 1 aromatic carbocycles. The van der Waals surface area contributed by atoms with Gasteiger partial charge >= 0.3 is 5.97 Å². The lowest BCUT2D eigenvalue weighted by molar-refractivity contribution is 0.0595. The smallest absolute Gasteiger partial charge is 0.340 e. The molecule has 1 aromatic rings. The van der Waals surface area contributed by atoms with E-state index in [1.165, 1.54) is 19.2 Å². The second-order valence-corrected chi connectivity index (χ2v) is 3.21. The molecule has 0 saturated carbocycles. The SMILES string of the molecule is C=C1COc2cc(F)c(C(=O)OC)cc21. The Hall–Kier alpha value is -1.84. The second-order valence-electron chi connectivity index (χ2n) is 3.21. The van der Waals surface area contributed by atoms with Gasteiger partial charge in [0, 0.05) is 11.6 Å². The minimum absolute atomic E-state index is 0.0945.